The third kappa shape index (κ3) is 2.02. The van der Waals surface area contributed by atoms with E-state index >= 15 is 0 Å². The van der Waals surface area contributed by atoms with Gasteiger partial charge in [0.1, 0.15) is 12.1 Å². The average molecular weight is 183 g/mol. The molecule has 0 spiro atoms. The standard InChI is InChI=1S/C10H17NO2/c1-7-5-9(10(12)13-7)11-6-8-3-2-4-8/h7-9,11H,2-6H2,1H3. The smallest absolute Gasteiger partial charge is 0.323 e. The fraction of sp³-hybridized carbons (Fsp3) is 0.900. The Bertz CT molecular complexity index is 201. The Kier molecular flexibility index (Phi) is 2.54. The molecule has 3 heteroatoms. The molecule has 1 aliphatic carbocycles. The summed E-state index contributed by atoms with van der Waals surface area (Å²) in [7, 11) is 0. The maximum absolute atomic E-state index is 11.2. The van der Waals surface area contributed by atoms with Crippen LogP contribution in [0.5, 0.6) is 0 Å². The van der Waals surface area contributed by atoms with Crippen LogP contribution in [0, 0.1) is 5.92 Å². The fourth-order valence-corrected chi connectivity index (χ4v) is 1.93. The molecule has 2 atom stereocenters. The van der Waals surface area contributed by atoms with E-state index in [0.29, 0.717) is 0 Å². The highest BCUT2D eigenvalue weighted by Gasteiger charge is 2.32. The van der Waals surface area contributed by atoms with Crippen molar-refractivity contribution < 1.29 is 9.53 Å². The number of esters is 1. The first-order valence-electron chi connectivity index (χ1n) is 5.19. The van der Waals surface area contributed by atoms with Crippen LogP contribution in [0.25, 0.3) is 0 Å². The number of ether oxygens (including phenoxy) is 1. The summed E-state index contributed by atoms with van der Waals surface area (Å²) in [6.07, 6.45) is 4.95. The third-order valence-corrected chi connectivity index (χ3v) is 3.05. The van der Waals surface area contributed by atoms with Crippen LogP contribution in [0.2, 0.25) is 0 Å². The Morgan fingerprint density at radius 1 is 1.54 bits per heavy atom. The minimum atomic E-state index is -0.0631. The molecule has 2 rings (SSSR count). The van der Waals surface area contributed by atoms with Crippen molar-refractivity contribution in [2.45, 2.75) is 44.8 Å². The quantitative estimate of drug-likeness (QED) is 0.665. The van der Waals surface area contributed by atoms with Crippen LogP contribution in [0.3, 0.4) is 0 Å². The van der Waals surface area contributed by atoms with E-state index in [1.165, 1.54) is 19.3 Å². The van der Waals surface area contributed by atoms with Crippen molar-refractivity contribution in [2.24, 2.45) is 5.92 Å². The summed E-state index contributed by atoms with van der Waals surface area (Å²) in [5.41, 5.74) is 0. The monoisotopic (exact) mass is 183 g/mol. The molecule has 2 unspecified atom stereocenters. The van der Waals surface area contributed by atoms with Crippen molar-refractivity contribution in [1.29, 1.82) is 0 Å². The molecule has 0 aromatic carbocycles. The van der Waals surface area contributed by atoms with Crippen LogP contribution >= 0.6 is 0 Å². The Balaban J connectivity index is 1.71. The second kappa shape index (κ2) is 3.66. The second-order valence-electron chi connectivity index (χ2n) is 4.24. The fourth-order valence-electron chi connectivity index (χ4n) is 1.93. The van der Waals surface area contributed by atoms with Gasteiger partial charge in [-0.05, 0) is 32.2 Å². The third-order valence-electron chi connectivity index (χ3n) is 3.05. The number of hydrogen-bond donors (Lipinski definition) is 1. The van der Waals surface area contributed by atoms with Crippen molar-refractivity contribution in [3.63, 3.8) is 0 Å². The normalized spacial score (nSPS) is 34.4. The maximum atomic E-state index is 11.2. The molecular weight excluding hydrogens is 166 g/mol. The van der Waals surface area contributed by atoms with Gasteiger partial charge in [0, 0.05) is 6.42 Å². The van der Waals surface area contributed by atoms with Crippen molar-refractivity contribution in [3.05, 3.63) is 0 Å². The number of carbonyl (C=O) groups excluding carboxylic acids is 1. The molecule has 2 aliphatic rings. The Morgan fingerprint density at radius 3 is 2.77 bits per heavy atom. The van der Waals surface area contributed by atoms with Crippen LogP contribution in [-0.4, -0.2) is 24.7 Å². The lowest BCUT2D eigenvalue weighted by atomic mass is 9.85. The van der Waals surface area contributed by atoms with Crippen LogP contribution in [-0.2, 0) is 9.53 Å². The van der Waals surface area contributed by atoms with Gasteiger partial charge < -0.3 is 10.1 Å². The molecule has 0 amide bonds. The largest absolute Gasteiger partial charge is 0.461 e. The van der Waals surface area contributed by atoms with E-state index in [-0.39, 0.29) is 18.1 Å². The van der Waals surface area contributed by atoms with E-state index in [0.717, 1.165) is 18.9 Å². The number of rotatable bonds is 3. The van der Waals surface area contributed by atoms with Gasteiger partial charge in [-0.15, -0.1) is 0 Å². The zero-order chi connectivity index (χ0) is 9.26. The van der Waals surface area contributed by atoms with E-state index in [9.17, 15) is 4.79 Å². The Labute approximate surface area is 78.8 Å². The van der Waals surface area contributed by atoms with Gasteiger partial charge in [-0.2, -0.15) is 0 Å². The van der Waals surface area contributed by atoms with Crippen LogP contribution in [0.15, 0.2) is 0 Å². The maximum Gasteiger partial charge on any atom is 0.323 e. The SMILES string of the molecule is CC1CC(NCC2CCC2)C(=O)O1. The zero-order valence-corrected chi connectivity index (χ0v) is 8.08. The summed E-state index contributed by atoms with van der Waals surface area (Å²) in [6.45, 7) is 2.94. The van der Waals surface area contributed by atoms with E-state index in [4.69, 9.17) is 4.74 Å². The molecule has 0 bridgehead atoms. The topological polar surface area (TPSA) is 38.3 Å². The minimum absolute atomic E-state index is 0.0319. The lowest BCUT2D eigenvalue weighted by Gasteiger charge is -2.26. The molecule has 2 fully saturated rings. The van der Waals surface area contributed by atoms with Gasteiger partial charge in [0.15, 0.2) is 0 Å². The summed E-state index contributed by atoms with van der Waals surface area (Å²) < 4.78 is 5.06. The molecule has 0 radical (unpaired) electrons. The Morgan fingerprint density at radius 2 is 2.31 bits per heavy atom. The van der Waals surface area contributed by atoms with E-state index in [2.05, 4.69) is 5.32 Å². The van der Waals surface area contributed by atoms with Crippen molar-refractivity contribution in [2.75, 3.05) is 6.54 Å². The summed E-state index contributed by atoms with van der Waals surface area (Å²) in [6, 6.07) is -0.0319. The van der Waals surface area contributed by atoms with E-state index in [1.807, 2.05) is 6.92 Å². The van der Waals surface area contributed by atoms with Gasteiger partial charge in [0.2, 0.25) is 0 Å². The predicted molar refractivity (Wildman–Crippen MR) is 49.3 cm³/mol. The van der Waals surface area contributed by atoms with Gasteiger partial charge in [-0.1, -0.05) is 6.42 Å². The molecule has 0 aromatic heterocycles. The van der Waals surface area contributed by atoms with Gasteiger partial charge in [-0.25, -0.2) is 0 Å². The molecule has 1 saturated carbocycles. The first-order chi connectivity index (χ1) is 6.25. The lowest BCUT2D eigenvalue weighted by molar-refractivity contribution is -0.142. The molecule has 1 N–H and O–H groups in total. The first-order valence-corrected chi connectivity index (χ1v) is 5.19. The number of carbonyl (C=O) groups is 1. The molecule has 3 nitrogen and oxygen atoms in total. The Hall–Kier alpha value is -0.570. The highest BCUT2D eigenvalue weighted by atomic mass is 16.6. The number of hydrogen-bond acceptors (Lipinski definition) is 3. The highest BCUT2D eigenvalue weighted by Crippen LogP contribution is 2.25. The second-order valence-corrected chi connectivity index (χ2v) is 4.24. The summed E-state index contributed by atoms with van der Waals surface area (Å²) >= 11 is 0. The first kappa shape index (κ1) is 9.00. The van der Waals surface area contributed by atoms with Crippen LogP contribution in [0.4, 0.5) is 0 Å². The molecule has 1 heterocycles. The zero-order valence-electron chi connectivity index (χ0n) is 8.08. The van der Waals surface area contributed by atoms with E-state index in [1.54, 1.807) is 0 Å². The summed E-state index contributed by atoms with van der Waals surface area (Å²) in [4.78, 5) is 11.2. The average Bonchev–Trinajstić information content (AvgIpc) is 2.27. The highest BCUT2D eigenvalue weighted by molar-refractivity contribution is 5.77. The number of nitrogens with one attached hydrogen (secondary N) is 1. The van der Waals surface area contributed by atoms with Crippen molar-refractivity contribution >= 4 is 5.97 Å². The lowest BCUT2D eigenvalue weighted by Crippen LogP contribution is -2.38. The minimum Gasteiger partial charge on any atom is -0.461 e. The number of cyclic esters (lactones) is 1. The van der Waals surface area contributed by atoms with Gasteiger partial charge in [0.05, 0.1) is 0 Å². The molecule has 0 aromatic rings. The predicted octanol–water partition coefficient (Wildman–Crippen LogP) is 1.08. The van der Waals surface area contributed by atoms with Gasteiger partial charge in [-0.3, -0.25) is 4.79 Å². The molecule has 1 aliphatic heterocycles. The summed E-state index contributed by atoms with van der Waals surface area (Å²) in [5, 5.41) is 3.29. The molecular formula is C10H17NO2. The molecule has 74 valence electrons. The van der Waals surface area contributed by atoms with Crippen molar-refractivity contribution in [1.82, 2.24) is 5.32 Å². The van der Waals surface area contributed by atoms with Crippen LogP contribution in [0.1, 0.15) is 32.6 Å². The van der Waals surface area contributed by atoms with Crippen molar-refractivity contribution in [3.8, 4) is 0 Å². The summed E-state index contributed by atoms with van der Waals surface area (Å²) in [5.74, 6) is 0.746. The van der Waals surface area contributed by atoms with Crippen LogP contribution < -0.4 is 5.32 Å². The molecule has 1 saturated heterocycles. The van der Waals surface area contributed by atoms with Gasteiger partial charge >= 0.3 is 5.97 Å². The van der Waals surface area contributed by atoms with Gasteiger partial charge in [0.25, 0.3) is 0 Å². The van der Waals surface area contributed by atoms with E-state index < -0.39 is 0 Å². The molecule has 13 heavy (non-hydrogen) atoms.